The van der Waals surface area contributed by atoms with Crippen molar-refractivity contribution >= 4 is 0 Å². The fourth-order valence-corrected chi connectivity index (χ4v) is 1.63. The van der Waals surface area contributed by atoms with Crippen LogP contribution in [0, 0.1) is 29.6 Å². The number of rotatable bonds is 2. The predicted molar refractivity (Wildman–Crippen MR) is 62.7 cm³/mol. The Hall–Kier alpha value is -2.73. The molecule has 0 atom stereocenters. The molecule has 0 saturated heterocycles. The van der Waals surface area contributed by atoms with Gasteiger partial charge in [0.2, 0.25) is 0 Å². The van der Waals surface area contributed by atoms with Crippen molar-refractivity contribution in [1.29, 1.82) is 10.5 Å². The SMILES string of the molecule is CCc1cc(-n2cnc(C#N)c2C#N)nc(C)n1. The van der Waals surface area contributed by atoms with E-state index in [0.717, 1.165) is 12.1 Å². The third kappa shape index (κ3) is 1.92. The highest BCUT2D eigenvalue weighted by Gasteiger charge is 2.13. The highest BCUT2D eigenvalue weighted by atomic mass is 15.1. The Balaban J connectivity index is 2.63. The molecular formula is C12H10N6. The number of imidazole rings is 1. The summed E-state index contributed by atoms with van der Waals surface area (Å²) in [6.07, 6.45) is 2.20. The molecular weight excluding hydrogens is 228 g/mol. The minimum absolute atomic E-state index is 0.104. The minimum Gasteiger partial charge on any atom is -0.273 e. The van der Waals surface area contributed by atoms with Gasteiger partial charge in [0.15, 0.2) is 11.4 Å². The van der Waals surface area contributed by atoms with Gasteiger partial charge in [-0.3, -0.25) is 4.57 Å². The molecule has 2 aromatic heterocycles. The van der Waals surface area contributed by atoms with Gasteiger partial charge in [-0.05, 0) is 13.3 Å². The van der Waals surface area contributed by atoms with Crippen molar-refractivity contribution < 1.29 is 0 Å². The summed E-state index contributed by atoms with van der Waals surface area (Å²) in [6.45, 7) is 3.78. The molecule has 0 amide bonds. The van der Waals surface area contributed by atoms with Crippen molar-refractivity contribution in [3.8, 4) is 18.0 Å². The smallest absolute Gasteiger partial charge is 0.177 e. The van der Waals surface area contributed by atoms with E-state index in [1.165, 1.54) is 10.9 Å². The maximum atomic E-state index is 9.07. The maximum Gasteiger partial charge on any atom is 0.177 e. The lowest BCUT2D eigenvalue weighted by Gasteiger charge is -2.05. The topological polar surface area (TPSA) is 91.2 Å². The second kappa shape index (κ2) is 4.64. The maximum absolute atomic E-state index is 9.07. The first kappa shape index (κ1) is 11.7. The normalized spacial score (nSPS) is 9.78. The first-order chi connectivity index (χ1) is 8.69. The molecule has 0 fully saturated rings. The Kier molecular flexibility index (Phi) is 3.03. The fourth-order valence-electron chi connectivity index (χ4n) is 1.63. The molecule has 6 heteroatoms. The third-order valence-corrected chi connectivity index (χ3v) is 2.47. The van der Waals surface area contributed by atoms with Gasteiger partial charge in [0.1, 0.15) is 30.1 Å². The van der Waals surface area contributed by atoms with E-state index in [4.69, 9.17) is 10.5 Å². The summed E-state index contributed by atoms with van der Waals surface area (Å²) in [5.41, 5.74) is 1.18. The molecule has 2 heterocycles. The zero-order valence-electron chi connectivity index (χ0n) is 10.0. The van der Waals surface area contributed by atoms with Crippen LogP contribution in [0.1, 0.15) is 29.8 Å². The number of aryl methyl sites for hydroxylation is 2. The number of hydrogen-bond donors (Lipinski definition) is 0. The van der Waals surface area contributed by atoms with Gasteiger partial charge in [0, 0.05) is 11.8 Å². The Morgan fingerprint density at radius 1 is 1.28 bits per heavy atom. The van der Waals surface area contributed by atoms with Crippen molar-refractivity contribution in [3.05, 3.63) is 35.3 Å². The summed E-state index contributed by atoms with van der Waals surface area (Å²) < 4.78 is 1.51. The zero-order chi connectivity index (χ0) is 13.1. The first-order valence-electron chi connectivity index (χ1n) is 5.42. The van der Waals surface area contributed by atoms with Gasteiger partial charge in [-0.1, -0.05) is 6.92 Å². The van der Waals surface area contributed by atoms with Gasteiger partial charge >= 0.3 is 0 Å². The van der Waals surface area contributed by atoms with Gasteiger partial charge < -0.3 is 0 Å². The summed E-state index contributed by atoms with van der Waals surface area (Å²) in [7, 11) is 0. The predicted octanol–water partition coefficient (Wildman–Crippen LogP) is 1.28. The van der Waals surface area contributed by atoms with E-state index in [2.05, 4.69) is 15.0 Å². The Labute approximate surface area is 104 Å². The van der Waals surface area contributed by atoms with E-state index >= 15 is 0 Å². The second-order valence-electron chi connectivity index (χ2n) is 3.65. The van der Waals surface area contributed by atoms with Gasteiger partial charge in [-0.25, -0.2) is 15.0 Å². The van der Waals surface area contributed by atoms with Crippen molar-refractivity contribution in [2.75, 3.05) is 0 Å². The van der Waals surface area contributed by atoms with Gasteiger partial charge in [-0.15, -0.1) is 0 Å². The van der Waals surface area contributed by atoms with Crippen molar-refractivity contribution in [1.82, 2.24) is 19.5 Å². The van der Waals surface area contributed by atoms with E-state index in [-0.39, 0.29) is 11.4 Å². The van der Waals surface area contributed by atoms with Gasteiger partial charge in [-0.2, -0.15) is 10.5 Å². The second-order valence-corrected chi connectivity index (χ2v) is 3.65. The van der Waals surface area contributed by atoms with E-state index in [0.29, 0.717) is 11.6 Å². The zero-order valence-corrected chi connectivity index (χ0v) is 10.0. The highest BCUT2D eigenvalue weighted by Crippen LogP contribution is 2.13. The summed E-state index contributed by atoms with van der Waals surface area (Å²) in [5.74, 6) is 1.19. The van der Waals surface area contributed by atoms with Crippen LogP contribution in [0.25, 0.3) is 5.82 Å². The lowest BCUT2D eigenvalue weighted by atomic mass is 10.3. The molecule has 0 aliphatic carbocycles. The molecule has 0 unspecified atom stereocenters. The molecule has 0 aliphatic heterocycles. The lowest BCUT2D eigenvalue weighted by Crippen LogP contribution is -2.04. The van der Waals surface area contributed by atoms with Crippen LogP contribution in [-0.2, 0) is 6.42 Å². The molecule has 0 saturated carbocycles. The summed E-state index contributed by atoms with van der Waals surface area (Å²) >= 11 is 0. The quantitative estimate of drug-likeness (QED) is 0.785. The molecule has 0 N–H and O–H groups in total. The minimum atomic E-state index is 0.104. The van der Waals surface area contributed by atoms with E-state index < -0.39 is 0 Å². The molecule has 2 rings (SSSR count). The number of nitriles is 2. The largest absolute Gasteiger partial charge is 0.273 e. The van der Waals surface area contributed by atoms with Crippen LogP contribution in [0.2, 0.25) is 0 Å². The van der Waals surface area contributed by atoms with Crippen LogP contribution in [0.5, 0.6) is 0 Å². The van der Waals surface area contributed by atoms with Crippen LogP contribution in [0.4, 0.5) is 0 Å². The van der Waals surface area contributed by atoms with E-state index in [1.54, 1.807) is 13.0 Å². The van der Waals surface area contributed by atoms with Crippen molar-refractivity contribution in [2.24, 2.45) is 0 Å². The van der Waals surface area contributed by atoms with Gasteiger partial charge in [0.25, 0.3) is 0 Å². The molecule has 0 aromatic carbocycles. The van der Waals surface area contributed by atoms with E-state index in [1.807, 2.05) is 19.1 Å². The summed E-state index contributed by atoms with van der Waals surface area (Å²) in [6, 6.07) is 5.64. The Morgan fingerprint density at radius 2 is 2.06 bits per heavy atom. The van der Waals surface area contributed by atoms with Crippen LogP contribution in [0.15, 0.2) is 12.4 Å². The number of hydrogen-bond acceptors (Lipinski definition) is 5. The van der Waals surface area contributed by atoms with Crippen LogP contribution in [-0.4, -0.2) is 19.5 Å². The molecule has 0 spiro atoms. The Morgan fingerprint density at radius 3 is 2.67 bits per heavy atom. The molecule has 0 bridgehead atoms. The first-order valence-corrected chi connectivity index (χ1v) is 5.42. The highest BCUT2D eigenvalue weighted by molar-refractivity contribution is 5.41. The number of aromatic nitrogens is 4. The summed E-state index contributed by atoms with van der Waals surface area (Å²) in [4.78, 5) is 12.4. The van der Waals surface area contributed by atoms with E-state index in [9.17, 15) is 0 Å². The standard InChI is InChI=1S/C12H10N6/c1-3-9-4-12(17-8(2)16-9)18-7-15-10(5-13)11(18)6-14/h4,7H,3H2,1-2H3. The molecule has 6 nitrogen and oxygen atoms in total. The molecule has 0 aliphatic rings. The van der Waals surface area contributed by atoms with Crippen LogP contribution < -0.4 is 0 Å². The van der Waals surface area contributed by atoms with Crippen LogP contribution >= 0.6 is 0 Å². The van der Waals surface area contributed by atoms with Crippen molar-refractivity contribution in [2.45, 2.75) is 20.3 Å². The summed E-state index contributed by atoms with van der Waals surface area (Å²) in [5, 5.41) is 17.9. The monoisotopic (exact) mass is 238 g/mol. The Bertz CT molecular complexity index is 671. The molecule has 88 valence electrons. The fraction of sp³-hybridized carbons (Fsp3) is 0.250. The van der Waals surface area contributed by atoms with Crippen LogP contribution in [0.3, 0.4) is 0 Å². The molecule has 0 radical (unpaired) electrons. The average molecular weight is 238 g/mol. The number of nitrogens with zero attached hydrogens (tertiary/aromatic N) is 6. The molecule has 18 heavy (non-hydrogen) atoms. The van der Waals surface area contributed by atoms with Gasteiger partial charge in [0.05, 0.1) is 0 Å². The van der Waals surface area contributed by atoms with Crippen molar-refractivity contribution in [3.63, 3.8) is 0 Å². The lowest BCUT2D eigenvalue weighted by molar-refractivity contribution is 0.886. The average Bonchev–Trinajstić information content (AvgIpc) is 2.80. The molecule has 2 aromatic rings. The third-order valence-electron chi connectivity index (χ3n) is 2.47.